The van der Waals surface area contributed by atoms with E-state index in [2.05, 4.69) is 29.3 Å². The van der Waals surface area contributed by atoms with Crippen LogP contribution in [0.4, 0.5) is 5.69 Å². The molecule has 0 aliphatic heterocycles. The molecule has 3 N–H and O–H groups in total. The Morgan fingerprint density at radius 3 is 2.35 bits per heavy atom. The molecule has 6 heteroatoms. The lowest BCUT2D eigenvalue weighted by molar-refractivity contribution is 0.832. The quantitative estimate of drug-likeness (QED) is 0.345. The third kappa shape index (κ3) is 4.63. The summed E-state index contributed by atoms with van der Waals surface area (Å²) in [7, 11) is 0. The number of nitrogens with two attached hydrogens (primary N) is 1. The third-order valence-corrected chi connectivity index (χ3v) is 4.17. The summed E-state index contributed by atoms with van der Waals surface area (Å²) in [4.78, 5) is 4.47. The second kappa shape index (κ2) is 8.84. The number of hydrogen-bond acceptors (Lipinski definition) is 2. The van der Waals surface area contributed by atoms with Crippen LogP contribution in [0.2, 0.25) is 0 Å². The van der Waals surface area contributed by atoms with Gasteiger partial charge in [-0.15, -0.1) is 24.0 Å². The van der Waals surface area contributed by atoms with Crippen LogP contribution >= 0.6 is 24.0 Å². The monoisotopic (exact) mass is 461 g/mol. The highest BCUT2D eigenvalue weighted by Gasteiger charge is 2.12. The number of para-hydroxylation sites is 1. The second-order valence-electron chi connectivity index (χ2n) is 6.09. The van der Waals surface area contributed by atoms with Gasteiger partial charge in [-0.1, -0.05) is 35.9 Å². The smallest absolute Gasteiger partial charge is 0.193 e. The van der Waals surface area contributed by atoms with E-state index in [1.807, 2.05) is 66.2 Å². The lowest BCUT2D eigenvalue weighted by Gasteiger charge is -2.07. The zero-order chi connectivity index (χ0) is 17.8. The lowest BCUT2D eigenvalue weighted by atomic mass is 10.2. The SMILES string of the molecule is Cc1ccc(NC(N)=NCc2c(C)nn(-c3ccccc3)c2C)cc1.I. The molecule has 1 aromatic heterocycles. The van der Waals surface area contributed by atoms with Crippen molar-refractivity contribution in [2.45, 2.75) is 27.3 Å². The van der Waals surface area contributed by atoms with Crippen LogP contribution in [-0.4, -0.2) is 15.7 Å². The van der Waals surface area contributed by atoms with E-state index in [-0.39, 0.29) is 24.0 Å². The average Bonchev–Trinajstić information content (AvgIpc) is 2.90. The minimum Gasteiger partial charge on any atom is -0.370 e. The van der Waals surface area contributed by atoms with E-state index in [1.54, 1.807) is 0 Å². The first-order valence-electron chi connectivity index (χ1n) is 8.28. The highest BCUT2D eigenvalue weighted by molar-refractivity contribution is 14.0. The second-order valence-corrected chi connectivity index (χ2v) is 6.09. The van der Waals surface area contributed by atoms with Crippen LogP contribution in [0.25, 0.3) is 5.69 Å². The normalized spacial score (nSPS) is 11.1. The maximum Gasteiger partial charge on any atom is 0.193 e. The zero-order valence-electron chi connectivity index (χ0n) is 15.2. The van der Waals surface area contributed by atoms with Crippen LogP contribution in [0.1, 0.15) is 22.5 Å². The van der Waals surface area contributed by atoms with E-state index in [0.29, 0.717) is 12.5 Å². The molecule has 0 amide bonds. The zero-order valence-corrected chi connectivity index (χ0v) is 17.6. The molecule has 0 spiro atoms. The Bertz CT molecular complexity index is 883. The van der Waals surface area contributed by atoms with E-state index >= 15 is 0 Å². The van der Waals surface area contributed by atoms with E-state index in [9.17, 15) is 0 Å². The highest BCUT2D eigenvalue weighted by Crippen LogP contribution is 2.18. The van der Waals surface area contributed by atoms with Gasteiger partial charge in [0.2, 0.25) is 0 Å². The molecule has 5 nitrogen and oxygen atoms in total. The van der Waals surface area contributed by atoms with Crippen LogP contribution < -0.4 is 11.1 Å². The molecule has 0 radical (unpaired) electrons. The Labute approximate surface area is 171 Å². The van der Waals surface area contributed by atoms with E-state index in [1.165, 1.54) is 5.56 Å². The molecular formula is C20H24IN5. The largest absolute Gasteiger partial charge is 0.370 e. The molecular weight excluding hydrogens is 437 g/mol. The lowest BCUT2D eigenvalue weighted by Crippen LogP contribution is -2.22. The third-order valence-electron chi connectivity index (χ3n) is 4.17. The first-order chi connectivity index (χ1) is 12.0. The number of aliphatic imine (C=N–C) groups is 1. The maximum absolute atomic E-state index is 6.02. The standard InChI is InChI=1S/C20H23N5.HI/c1-14-9-11-17(12-10-14)23-20(21)22-13-19-15(2)24-25(16(19)3)18-7-5-4-6-8-18;/h4-12H,13H2,1-3H3,(H3,21,22,23);1H. The van der Waals surface area contributed by atoms with Crippen molar-refractivity contribution in [3.63, 3.8) is 0 Å². The summed E-state index contributed by atoms with van der Waals surface area (Å²) in [5.74, 6) is 0.398. The van der Waals surface area contributed by atoms with Gasteiger partial charge in [-0.25, -0.2) is 9.67 Å². The topological polar surface area (TPSA) is 68.2 Å². The van der Waals surface area contributed by atoms with Gasteiger partial charge in [0.25, 0.3) is 0 Å². The molecule has 0 fully saturated rings. The molecule has 0 aliphatic carbocycles. The molecule has 1 heterocycles. The van der Waals surface area contributed by atoms with E-state index in [4.69, 9.17) is 5.73 Å². The van der Waals surface area contributed by atoms with Crippen molar-refractivity contribution < 1.29 is 0 Å². The number of nitrogens with zero attached hydrogens (tertiary/aromatic N) is 3. The summed E-state index contributed by atoms with van der Waals surface area (Å²) in [5.41, 5.74) is 12.3. The van der Waals surface area contributed by atoms with Crippen LogP contribution in [0.15, 0.2) is 59.6 Å². The predicted molar refractivity (Wildman–Crippen MR) is 119 cm³/mol. The summed E-state index contributed by atoms with van der Waals surface area (Å²) in [6.07, 6.45) is 0. The summed E-state index contributed by atoms with van der Waals surface area (Å²) in [6.45, 7) is 6.61. The Morgan fingerprint density at radius 2 is 1.69 bits per heavy atom. The molecule has 136 valence electrons. The number of halogens is 1. The molecule has 26 heavy (non-hydrogen) atoms. The molecule has 0 saturated heterocycles. The Balaban J connectivity index is 0.00000243. The van der Waals surface area contributed by atoms with Gasteiger partial charge in [0.1, 0.15) is 0 Å². The van der Waals surface area contributed by atoms with Crippen molar-refractivity contribution >= 4 is 35.6 Å². The molecule has 0 atom stereocenters. The van der Waals surface area contributed by atoms with Gasteiger partial charge >= 0.3 is 0 Å². The number of aryl methyl sites for hydroxylation is 2. The van der Waals surface area contributed by atoms with Crippen LogP contribution in [-0.2, 0) is 6.54 Å². The number of aromatic nitrogens is 2. The number of anilines is 1. The van der Waals surface area contributed by atoms with Crippen LogP contribution in [0.5, 0.6) is 0 Å². The minimum atomic E-state index is 0. The van der Waals surface area contributed by atoms with Gasteiger partial charge in [0, 0.05) is 16.9 Å². The molecule has 3 rings (SSSR count). The van der Waals surface area contributed by atoms with Crippen molar-refractivity contribution in [2.75, 3.05) is 5.32 Å². The van der Waals surface area contributed by atoms with E-state index in [0.717, 1.165) is 28.3 Å². The summed E-state index contributed by atoms with van der Waals surface area (Å²) in [6, 6.07) is 18.1. The van der Waals surface area contributed by atoms with Crippen molar-refractivity contribution in [1.82, 2.24) is 9.78 Å². The highest BCUT2D eigenvalue weighted by atomic mass is 127. The number of hydrogen-bond donors (Lipinski definition) is 2. The molecule has 0 saturated carbocycles. The fraction of sp³-hybridized carbons (Fsp3) is 0.200. The molecule has 3 aromatic rings. The summed E-state index contributed by atoms with van der Waals surface area (Å²) < 4.78 is 1.95. The molecule has 0 unspecified atom stereocenters. The van der Waals surface area contributed by atoms with E-state index < -0.39 is 0 Å². The minimum absolute atomic E-state index is 0. The van der Waals surface area contributed by atoms with Crippen LogP contribution in [0.3, 0.4) is 0 Å². The number of rotatable bonds is 4. The fourth-order valence-corrected chi connectivity index (χ4v) is 2.71. The number of benzene rings is 2. The molecule has 0 bridgehead atoms. The average molecular weight is 461 g/mol. The van der Waals surface area contributed by atoms with Gasteiger partial charge in [0.15, 0.2) is 5.96 Å². The number of guanidine groups is 1. The molecule has 2 aromatic carbocycles. The van der Waals surface area contributed by atoms with Gasteiger partial charge in [-0.3, -0.25) is 0 Å². The Kier molecular flexibility index (Phi) is 6.79. The predicted octanol–water partition coefficient (Wildman–Crippen LogP) is 4.34. The Hall–Kier alpha value is -2.35. The van der Waals surface area contributed by atoms with Gasteiger partial charge < -0.3 is 11.1 Å². The molecule has 0 aliphatic rings. The Morgan fingerprint density at radius 1 is 1.04 bits per heavy atom. The van der Waals surface area contributed by atoms with Gasteiger partial charge in [-0.2, -0.15) is 5.10 Å². The van der Waals surface area contributed by atoms with Crippen molar-refractivity contribution in [1.29, 1.82) is 0 Å². The fourth-order valence-electron chi connectivity index (χ4n) is 2.71. The maximum atomic E-state index is 6.02. The summed E-state index contributed by atoms with van der Waals surface area (Å²) in [5, 5.41) is 7.76. The van der Waals surface area contributed by atoms with Gasteiger partial charge in [-0.05, 0) is 45.0 Å². The van der Waals surface area contributed by atoms with Crippen molar-refractivity contribution in [2.24, 2.45) is 10.7 Å². The van der Waals surface area contributed by atoms with Crippen molar-refractivity contribution in [3.05, 3.63) is 77.1 Å². The number of nitrogens with one attached hydrogen (secondary N) is 1. The summed E-state index contributed by atoms with van der Waals surface area (Å²) >= 11 is 0. The van der Waals surface area contributed by atoms with Crippen LogP contribution in [0, 0.1) is 20.8 Å². The van der Waals surface area contributed by atoms with Crippen molar-refractivity contribution in [3.8, 4) is 5.69 Å². The first-order valence-corrected chi connectivity index (χ1v) is 8.28. The van der Waals surface area contributed by atoms with Gasteiger partial charge in [0.05, 0.1) is 17.9 Å². The first kappa shape index (κ1) is 20.0.